The summed E-state index contributed by atoms with van der Waals surface area (Å²) in [5, 5.41) is -4.14. The smallest absolute Gasteiger partial charge is 0.307 e. The van der Waals surface area contributed by atoms with E-state index in [1.165, 1.54) is 38.2 Å². The van der Waals surface area contributed by atoms with Crippen molar-refractivity contribution in [2.45, 2.75) is 57.6 Å². The van der Waals surface area contributed by atoms with Crippen molar-refractivity contribution in [3.8, 4) is 0 Å². The van der Waals surface area contributed by atoms with Crippen LogP contribution in [-0.4, -0.2) is 32.4 Å². The Bertz CT molecular complexity index is 1220. The Morgan fingerprint density at radius 1 is 0.744 bits per heavy atom. The highest BCUT2D eigenvalue weighted by molar-refractivity contribution is 7.68. The van der Waals surface area contributed by atoms with Gasteiger partial charge in [0.2, 0.25) is 10.7 Å². The summed E-state index contributed by atoms with van der Waals surface area (Å²) in [7, 11) is -8.75. The molecule has 4 atom stereocenters. The third kappa shape index (κ3) is 7.61. The molecule has 4 unspecified atom stereocenters. The van der Waals surface area contributed by atoms with E-state index in [9.17, 15) is 37.3 Å². The monoisotopic (exact) mass is 584 g/mol. The molecule has 0 aliphatic heterocycles. The molecule has 2 N–H and O–H groups in total. The van der Waals surface area contributed by atoms with Crippen LogP contribution in [0, 0.1) is 11.6 Å². The average molecular weight is 584 g/mol. The largest absolute Gasteiger partial charge is 0.444 e. The molecule has 12 heteroatoms. The maximum absolute atomic E-state index is 13.3. The summed E-state index contributed by atoms with van der Waals surface area (Å²) in [5.41, 5.74) is 0. The van der Waals surface area contributed by atoms with Crippen molar-refractivity contribution >= 4 is 37.3 Å². The number of esters is 2. The third-order valence-electron chi connectivity index (χ3n) is 5.91. The quantitative estimate of drug-likeness (QED) is 0.196. The van der Waals surface area contributed by atoms with Crippen LogP contribution in [0.4, 0.5) is 8.78 Å². The lowest BCUT2D eigenvalue weighted by Crippen LogP contribution is -2.34. The average Bonchev–Trinajstić information content (AvgIpc) is 2.84. The molecule has 0 radical (unpaired) electrons. The van der Waals surface area contributed by atoms with E-state index < -0.39 is 49.0 Å². The van der Waals surface area contributed by atoms with Gasteiger partial charge in [-0.2, -0.15) is 0 Å². The van der Waals surface area contributed by atoms with Crippen molar-refractivity contribution in [2.24, 2.45) is 0 Å². The molecule has 0 aliphatic carbocycles. The molecule has 0 aromatic heterocycles. The summed E-state index contributed by atoms with van der Waals surface area (Å²) in [6.07, 6.45) is 4.62. The van der Waals surface area contributed by atoms with Crippen LogP contribution in [0.1, 0.15) is 47.0 Å². The molecule has 0 saturated heterocycles. The lowest BCUT2D eigenvalue weighted by molar-refractivity contribution is -0.150. The van der Waals surface area contributed by atoms with Gasteiger partial charge in [0.05, 0.1) is 0 Å². The maximum Gasteiger partial charge on any atom is 0.307 e. The fraction of sp³-hybridized carbons (Fsp3) is 0.333. The summed E-state index contributed by atoms with van der Waals surface area (Å²) in [4.78, 5) is 46.8. The van der Waals surface area contributed by atoms with E-state index in [0.29, 0.717) is 0 Å². The Hall–Kier alpha value is -2.90. The molecule has 0 saturated carbocycles. The molecule has 212 valence electrons. The molecule has 2 aromatic rings. The predicted molar refractivity (Wildman–Crippen MR) is 144 cm³/mol. The van der Waals surface area contributed by atoms with E-state index in [-0.39, 0.29) is 29.9 Å². The van der Waals surface area contributed by atoms with Crippen LogP contribution in [0.3, 0.4) is 0 Å². The summed E-state index contributed by atoms with van der Waals surface area (Å²) in [6, 6.07) is 8.61. The lowest BCUT2D eigenvalue weighted by atomic mass is 10.2. The van der Waals surface area contributed by atoms with Crippen LogP contribution < -0.4 is 10.6 Å². The van der Waals surface area contributed by atoms with E-state index >= 15 is 0 Å². The topological polar surface area (TPSA) is 127 Å². The normalized spacial score (nSPS) is 18.1. The van der Waals surface area contributed by atoms with Gasteiger partial charge < -0.3 is 19.3 Å². The van der Waals surface area contributed by atoms with Crippen molar-refractivity contribution in [3.05, 3.63) is 84.5 Å². The summed E-state index contributed by atoms with van der Waals surface area (Å²) >= 11 is 0. The number of hydrogen-bond acceptors (Lipinski definition) is 6. The fourth-order valence-corrected chi connectivity index (χ4v) is 7.04. The second kappa shape index (κ2) is 13.0. The van der Waals surface area contributed by atoms with Gasteiger partial charge in [-0.15, -0.1) is 0 Å². The molecule has 0 amide bonds. The van der Waals surface area contributed by atoms with Gasteiger partial charge in [-0.05, 0) is 94.8 Å². The van der Waals surface area contributed by atoms with Gasteiger partial charge in [-0.1, -0.05) is 12.2 Å². The molecule has 0 aliphatic rings. The molecular formula is C27H32F2O8P2. The van der Waals surface area contributed by atoms with Crippen molar-refractivity contribution in [1.82, 2.24) is 0 Å². The molecule has 0 fully saturated rings. The minimum atomic E-state index is -4.37. The minimum absolute atomic E-state index is 0.0892. The second-order valence-corrected chi connectivity index (χ2v) is 14.1. The van der Waals surface area contributed by atoms with Crippen molar-refractivity contribution < 1.29 is 46.8 Å². The fourth-order valence-electron chi connectivity index (χ4n) is 3.75. The first-order valence-electron chi connectivity index (χ1n) is 12.0. The highest BCUT2D eigenvalue weighted by Gasteiger charge is 2.47. The van der Waals surface area contributed by atoms with E-state index in [1.54, 1.807) is 13.8 Å². The van der Waals surface area contributed by atoms with Gasteiger partial charge >= 0.3 is 11.9 Å². The first-order valence-corrected chi connectivity index (χ1v) is 15.3. The number of rotatable bonds is 12. The Balaban J connectivity index is 2.08. The van der Waals surface area contributed by atoms with Gasteiger partial charge in [0, 0.05) is 23.5 Å². The van der Waals surface area contributed by atoms with Crippen LogP contribution in [0.15, 0.2) is 72.8 Å². The highest BCUT2D eigenvalue weighted by atomic mass is 31.2. The van der Waals surface area contributed by atoms with Crippen molar-refractivity contribution in [3.63, 3.8) is 0 Å². The molecule has 2 rings (SSSR count). The molecule has 0 heterocycles. The predicted octanol–water partition coefficient (Wildman–Crippen LogP) is 5.30. The first-order chi connectivity index (χ1) is 18.1. The van der Waals surface area contributed by atoms with E-state index in [0.717, 1.165) is 48.5 Å². The van der Waals surface area contributed by atoms with Gasteiger partial charge in [0.15, 0.2) is 0 Å². The van der Waals surface area contributed by atoms with E-state index in [4.69, 9.17) is 9.47 Å². The maximum atomic E-state index is 13.3. The Kier molecular flexibility index (Phi) is 10.7. The Morgan fingerprint density at radius 2 is 1.05 bits per heavy atom. The number of carbonyl (C=O) groups excluding carboxylic acids is 2. The van der Waals surface area contributed by atoms with Crippen molar-refractivity contribution in [1.29, 1.82) is 0 Å². The second-order valence-electron chi connectivity index (χ2n) is 9.02. The summed E-state index contributed by atoms with van der Waals surface area (Å²) in [5.74, 6) is -2.96. The first kappa shape index (κ1) is 32.3. The van der Waals surface area contributed by atoms with Gasteiger partial charge in [-0.25, -0.2) is 8.78 Å². The van der Waals surface area contributed by atoms with E-state index in [2.05, 4.69) is 0 Å². The van der Waals surface area contributed by atoms with E-state index in [1.807, 2.05) is 0 Å². The number of benzene rings is 2. The molecule has 8 nitrogen and oxygen atoms in total. The Morgan fingerprint density at radius 3 is 1.33 bits per heavy atom. The van der Waals surface area contributed by atoms with Crippen LogP contribution in [0.5, 0.6) is 0 Å². The summed E-state index contributed by atoms with van der Waals surface area (Å²) in [6.45, 7) is 5.64. The van der Waals surface area contributed by atoms with Crippen LogP contribution in [0.25, 0.3) is 0 Å². The third-order valence-corrected chi connectivity index (χ3v) is 10.8. The summed E-state index contributed by atoms with van der Waals surface area (Å²) < 4.78 is 63.8. The number of allylic oxidation sites excluding steroid dienone is 2. The van der Waals surface area contributed by atoms with Gasteiger partial charge in [-0.3, -0.25) is 18.7 Å². The number of hydrogen-bond donors (Lipinski definition) is 2. The molecule has 0 bridgehead atoms. The SMILES string of the molecule is CC=CC(C)(OC(=O)CCCC(=O)OC(C)(C=CC)P(=O)(O)c1ccc(F)cc1)P(=O)(O)c1ccc(F)cc1. The van der Waals surface area contributed by atoms with Gasteiger partial charge in [0.1, 0.15) is 11.6 Å². The molecule has 0 spiro atoms. The van der Waals surface area contributed by atoms with Crippen molar-refractivity contribution in [2.75, 3.05) is 0 Å². The van der Waals surface area contributed by atoms with Crippen LogP contribution in [-0.2, 0) is 28.2 Å². The Labute approximate surface area is 226 Å². The number of halogens is 2. The zero-order chi connectivity index (χ0) is 29.5. The van der Waals surface area contributed by atoms with Crippen LogP contribution >= 0.6 is 14.7 Å². The van der Waals surface area contributed by atoms with Gasteiger partial charge in [0.25, 0.3) is 14.7 Å². The van der Waals surface area contributed by atoms with Crippen LogP contribution in [0.2, 0.25) is 0 Å². The number of carbonyl (C=O) groups is 2. The molecular weight excluding hydrogens is 552 g/mol. The standard InChI is InChI=1S/C27H32F2O8P2/c1-5-18-26(3,38(32,33)22-14-10-20(28)11-15-22)36-24(30)8-7-9-25(31)37-27(4,19-6-2)39(34,35)23-16-12-21(29)13-17-23/h5-6,10-19H,7-9H2,1-4H3,(H,32,33)(H,34,35). The molecule has 39 heavy (non-hydrogen) atoms. The zero-order valence-corrected chi connectivity index (χ0v) is 23.8. The zero-order valence-electron chi connectivity index (χ0n) is 22.0. The minimum Gasteiger partial charge on any atom is -0.444 e. The molecule has 2 aromatic carbocycles. The lowest BCUT2D eigenvalue weighted by Gasteiger charge is -2.32. The highest BCUT2D eigenvalue weighted by Crippen LogP contribution is 2.56. The number of ether oxygens (including phenoxy) is 2.